The lowest BCUT2D eigenvalue weighted by Crippen LogP contribution is -2.25. The summed E-state index contributed by atoms with van der Waals surface area (Å²) in [7, 11) is 0. The minimum atomic E-state index is -0.581. The van der Waals surface area contributed by atoms with Crippen molar-refractivity contribution in [3.8, 4) is 0 Å². The van der Waals surface area contributed by atoms with Gasteiger partial charge in [0.05, 0.1) is 5.56 Å². The maximum atomic E-state index is 11.8. The molecule has 0 unspecified atom stereocenters. The Morgan fingerprint density at radius 1 is 0.900 bits per heavy atom. The quantitative estimate of drug-likeness (QED) is 0.779. The second-order valence-corrected chi connectivity index (χ2v) is 6.44. The first-order chi connectivity index (χ1) is 8.98. The maximum Gasteiger partial charge on any atom is 0.357 e. The third kappa shape index (κ3) is 5.38. The summed E-state index contributed by atoms with van der Waals surface area (Å²) in [5.74, 6) is -0.992. The van der Waals surface area contributed by atoms with E-state index in [4.69, 9.17) is 9.47 Å². The van der Waals surface area contributed by atoms with Gasteiger partial charge in [-0.3, -0.25) is 0 Å². The minimum Gasteiger partial charge on any atom is -0.456 e. The number of rotatable bonds is 2. The highest BCUT2D eigenvalue weighted by Gasteiger charge is 2.21. The van der Waals surface area contributed by atoms with Gasteiger partial charge in [0.1, 0.15) is 16.9 Å². The van der Waals surface area contributed by atoms with Crippen molar-refractivity contribution in [1.29, 1.82) is 0 Å². The van der Waals surface area contributed by atoms with E-state index < -0.39 is 23.1 Å². The summed E-state index contributed by atoms with van der Waals surface area (Å²) < 4.78 is 10.4. The highest BCUT2D eigenvalue weighted by Crippen LogP contribution is 2.13. The number of hydrogen-bond acceptors (Lipinski definition) is 5. The first kappa shape index (κ1) is 16.1. The maximum absolute atomic E-state index is 11.8. The van der Waals surface area contributed by atoms with Crippen LogP contribution in [0.2, 0.25) is 0 Å². The molecule has 0 aliphatic carbocycles. The van der Waals surface area contributed by atoms with E-state index in [1.165, 1.54) is 18.3 Å². The van der Waals surface area contributed by atoms with Gasteiger partial charge >= 0.3 is 11.9 Å². The molecule has 0 radical (unpaired) electrons. The van der Waals surface area contributed by atoms with E-state index in [1.54, 1.807) is 41.5 Å². The van der Waals surface area contributed by atoms with Crippen LogP contribution in [0.4, 0.5) is 0 Å². The molecule has 0 aliphatic heterocycles. The first-order valence-corrected chi connectivity index (χ1v) is 6.41. The number of carbonyl (C=O) groups is 2. The predicted molar refractivity (Wildman–Crippen MR) is 74.6 cm³/mol. The standard InChI is InChI=1S/C15H21NO4/c1-14(2,3)19-12(17)10-7-8-11(16-9-10)13(18)20-15(4,5)6/h7-9H,1-6H3. The lowest BCUT2D eigenvalue weighted by atomic mass is 10.2. The average molecular weight is 279 g/mol. The van der Waals surface area contributed by atoms with E-state index in [-0.39, 0.29) is 5.69 Å². The second kappa shape index (κ2) is 5.61. The molecular formula is C15H21NO4. The molecule has 5 nitrogen and oxygen atoms in total. The molecule has 0 N–H and O–H groups in total. The monoisotopic (exact) mass is 279 g/mol. The van der Waals surface area contributed by atoms with E-state index in [9.17, 15) is 9.59 Å². The molecule has 0 fully saturated rings. The zero-order valence-corrected chi connectivity index (χ0v) is 12.8. The van der Waals surface area contributed by atoms with E-state index in [2.05, 4.69) is 4.98 Å². The molecule has 110 valence electrons. The number of aromatic nitrogens is 1. The lowest BCUT2D eigenvalue weighted by Gasteiger charge is -2.20. The molecule has 0 atom stereocenters. The minimum absolute atomic E-state index is 0.159. The van der Waals surface area contributed by atoms with Crippen LogP contribution in [0.15, 0.2) is 18.3 Å². The van der Waals surface area contributed by atoms with Gasteiger partial charge in [-0.2, -0.15) is 0 Å². The molecule has 1 rings (SSSR count). The van der Waals surface area contributed by atoms with E-state index in [0.29, 0.717) is 5.56 Å². The van der Waals surface area contributed by atoms with Gasteiger partial charge in [0.2, 0.25) is 0 Å². The van der Waals surface area contributed by atoms with Crippen molar-refractivity contribution in [1.82, 2.24) is 4.98 Å². The Hall–Kier alpha value is -1.91. The van der Waals surface area contributed by atoms with Gasteiger partial charge in [0, 0.05) is 6.20 Å². The normalized spacial score (nSPS) is 11.9. The van der Waals surface area contributed by atoms with E-state index in [0.717, 1.165) is 0 Å². The Bertz CT molecular complexity index is 445. The van der Waals surface area contributed by atoms with Gasteiger partial charge < -0.3 is 9.47 Å². The zero-order valence-electron chi connectivity index (χ0n) is 12.8. The molecule has 1 aromatic heterocycles. The van der Waals surface area contributed by atoms with Crippen LogP contribution in [0.1, 0.15) is 62.4 Å². The fourth-order valence-corrected chi connectivity index (χ4v) is 1.30. The van der Waals surface area contributed by atoms with Gasteiger partial charge in [0.25, 0.3) is 0 Å². The number of pyridine rings is 1. The van der Waals surface area contributed by atoms with Crippen LogP contribution in [0.5, 0.6) is 0 Å². The summed E-state index contributed by atoms with van der Waals surface area (Å²) >= 11 is 0. The van der Waals surface area contributed by atoms with Crippen molar-refractivity contribution in [2.45, 2.75) is 52.7 Å². The molecular weight excluding hydrogens is 258 g/mol. The Kier molecular flexibility index (Phi) is 4.53. The van der Waals surface area contributed by atoms with E-state index in [1.807, 2.05) is 0 Å². The number of esters is 2. The molecule has 0 saturated carbocycles. The molecule has 0 aliphatic rings. The average Bonchev–Trinajstić information content (AvgIpc) is 2.24. The van der Waals surface area contributed by atoms with Gasteiger partial charge in [0.15, 0.2) is 0 Å². The van der Waals surface area contributed by atoms with Gasteiger partial charge in [-0.1, -0.05) is 0 Å². The third-order valence-corrected chi connectivity index (χ3v) is 2.01. The van der Waals surface area contributed by atoms with Crippen molar-refractivity contribution in [3.63, 3.8) is 0 Å². The molecule has 0 saturated heterocycles. The van der Waals surface area contributed by atoms with Crippen LogP contribution in [0.25, 0.3) is 0 Å². The van der Waals surface area contributed by atoms with Crippen LogP contribution in [-0.4, -0.2) is 28.1 Å². The summed E-state index contributed by atoms with van der Waals surface area (Å²) in [6.45, 7) is 10.7. The van der Waals surface area contributed by atoms with Crippen LogP contribution >= 0.6 is 0 Å². The van der Waals surface area contributed by atoms with Crippen LogP contribution in [0.3, 0.4) is 0 Å². The summed E-state index contributed by atoms with van der Waals surface area (Å²) in [6.07, 6.45) is 1.31. The molecule has 20 heavy (non-hydrogen) atoms. The molecule has 1 heterocycles. The fourth-order valence-electron chi connectivity index (χ4n) is 1.30. The Morgan fingerprint density at radius 3 is 1.80 bits per heavy atom. The predicted octanol–water partition coefficient (Wildman–Crippen LogP) is 2.99. The number of carbonyl (C=O) groups excluding carboxylic acids is 2. The molecule has 5 heteroatoms. The van der Waals surface area contributed by atoms with Crippen molar-refractivity contribution in [3.05, 3.63) is 29.6 Å². The smallest absolute Gasteiger partial charge is 0.357 e. The van der Waals surface area contributed by atoms with Crippen LogP contribution in [-0.2, 0) is 9.47 Å². The first-order valence-electron chi connectivity index (χ1n) is 6.41. The molecule has 0 aromatic carbocycles. The zero-order chi connectivity index (χ0) is 15.6. The summed E-state index contributed by atoms with van der Waals surface area (Å²) in [6, 6.07) is 2.95. The number of hydrogen-bond donors (Lipinski definition) is 0. The molecule has 0 bridgehead atoms. The van der Waals surface area contributed by atoms with Gasteiger partial charge in [-0.05, 0) is 53.7 Å². The van der Waals surface area contributed by atoms with Crippen LogP contribution < -0.4 is 0 Å². The van der Waals surface area contributed by atoms with Crippen molar-refractivity contribution in [2.24, 2.45) is 0 Å². The highest BCUT2D eigenvalue weighted by molar-refractivity contribution is 5.91. The summed E-state index contributed by atoms with van der Waals surface area (Å²) in [4.78, 5) is 27.5. The Morgan fingerprint density at radius 2 is 1.40 bits per heavy atom. The van der Waals surface area contributed by atoms with Crippen molar-refractivity contribution in [2.75, 3.05) is 0 Å². The second-order valence-electron chi connectivity index (χ2n) is 6.44. The Labute approximate surface area is 119 Å². The molecule has 0 spiro atoms. The highest BCUT2D eigenvalue weighted by atomic mass is 16.6. The van der Waals surface area contributed by atoms with Gasteiger partial charge in [-0.15, -0.1) is 0 Å². The summed E-state index contributed by atoms with van der Waals surface area (Å²) in [5, 5.41) is 0. The summed E-state index contributed by atoms with van der Waals surface area (Å²) in [5.41, 5.74) is -0.691. The molecule has 0 amide bonds. The van der Waals surface area contributed by atoms with Crippen molar-refractivity contribution >= 4 is 11.9 Å². The largest absolute Gasteiger partial charge is 0.456 e. The number of nitrogens with zero attached hydrogens (tertiary/aromatic N) is 1. The van der Waals surface area contributed by atoms with Crippen molar-refractivity contribution < 1.29 is 19.1 Å². The van der Waals surface area contributed by atoms with E-state index >= 15 is 0 Å². The van der Waals surface area contributed by atoms with Gasteiger partial charge in [-0.25, -0.2) is 14.6 Å². The number of ether oxygens (including phenoxy) is 2. The topological polar surface area (TPSA) is 65.5 Å². The van der Waals surface area contributed by atoms with Crippen LogP contribution in [0, 0.1) is 0 Å². The SMILES string of the molecule is CC(C)(C)OC(=O)c1ccc(C(=O)OC(C)(C)C)nc1. The lowest BCUT2D eigenvalue weighted by molar-refractivity contribution is 0.00463. The third-order valence-electron chi connectivity index (χ3n) is 2.01. The fraction of sp³-hybridized carbons (Fsp3) is 0.533. The molecule has 1 aromatic rings. The Balaban J connectivity index is 2.79.